The number of β-lactam (4-membered cyclic amide) rings is 1. The minimum Gasteiger partial charge on any atom is -0.465 e. The molecule has 126 valence electrons. The first-order valence-corrected chi connectivity index (χ1v) is 7.42. The topological polar surface area (TPSA) is 121 Å². The van der Waals surface area contributed by atoms with Crippen LogP contribution in [0, 0.1) is 0 Å². The number of hydrogen-bond donors (Lipinski definition) is 3. The molecular weight excluding hydrogens is 314 g/mol. The molecule has 0 radical (unpaired) electrons. The highest BCUT2D eigenvalue weighted by Gasteiger charge is 2.46. The van der Waals surface area contributed by atoms with E-state index < -0.39 is 18.2 Å². The summed E-state index contributed by atoms with van der Waals surface area (Å²) in [5.74, 6) is -0.340. The van der Waals surface area contributed by atoms with Crippen molar-refractivity contribution in [1.82, 2.24) is 25.2 Å². The average Bonchev–Trinajstić information content (AvgIpc) is 3.02. The number of nitrogens with zero attached hydrogens (tertiary/aromatic N) is 4. The fourth-order valence-electron chi connectivity index (χ4n) is 2.67. The number of aliphatic hydroxyl groups excluding tert-OH is 1. The van der Waals surface area contributed by atoms with Crippen LogP contribution in [0.3, 0.4) is 0 Å². The molecule has 24 heavy (non-hydrogen) atoms. The maximum absolute atomic E-state index is 11.9. The quantitative estimate of drug-likeness (QED) is 0.631. The number of carbonyl (C=O) groups excluding carboxylic acids is 1. The molecule has 0 unspecified atom stereocenters. The molecule has 1 saturated heterocycles. The van der Waals surface area contributed by atoms with E-state index in [1.807, 2.05) is 30.3 Å². The maximum Gasteiger partial charge on any atom is 0.408 e. The number of nitrogens with one attached hydrogen (secondary N) is 1. The molecule has 9 heteroatoms. The van der Waals surface area contributed by atoms with Gasteiger partial charge in [0, 0.05) is 6.54 Å². The first kappa shape index (κ1) is 15.9. The molecule has 2 atom stereocenters. The molecule has 0 saturated carbocycles. The fourth-order valence-corrected chi connectivity index (χ4v) is 2.67. The first-order chi connectivity index (χ1) is 11.6. The van der Waals surface area contributed by atoms with Gasteiger partial charge in [-0.1, -0.05) is 30.3 Å². The van der Waals surface area contributed by atoms with Gasteiger partial charge in [0.1, 0.15) is 11.7 Å². The molecule has 0 aliphatic carbocycles. The molecule has 2 heterocycles. The van der Waals surface area contributed by atoms with Crippen molar-refractivity contribution in [3.63, 3.8) is 0 Å². The SMILES string of the molecule is O=C1N[C@@H](Cn2ncc(CO)n2)[C@@H]1N(Cc1ccccc1)C(=O)O. The summed E-state index contributed by atoms with van der Waals surface area (Å²) in [6, 6.07) is 7.88. The van der Waals surface area contributed by atoms with Gasteiger partial charge in [-0.05, 0) is 5.56 Å². The average molecular weight is 331 g/mol. The Morgan fingerprint density at radius 2 is 2.08 bits per heavy atom. The second-order valence-electron chi connectivity index (χ2n) is 5.50. The van der Waals surface area contributed by atoms with Crippen LogP contribution in [0.4, 0.5) is 4.79 Å². The lowest BCUT2D eigenvalue weighted by atomic mass is 9.96. The maximum atomic E-state index is 11.9. The molecule has 9 nitrogen and oxygen atoms in total. The van der Waals surface area contributed by atoms with Crippen LogP contribution < -0.4 is 5.32 Å². The van der Waals surface area contributed by atoms with Gasteiger partial charge in [0.05, 0.1) is 25.4 Å². The third kappa shape index (κ3) is 3.20. The summed E-state index contributed by atoms with van der Waals surface area (Å²) >= 11 is 0. The summed E-state index contributed by atoms with van der Waals surface area (Å²) in [6.45, 7) is 0.129. The predicted molar refractivity (Wildman–Crippen MR) is 81.7 cm³/mol. The van der Waals surface area contributed by atoms with Gasteiger partial charge in [0.2, 0.25) is 5.91 Å². The number of carbonyl (C=O) groups is 2. The molecule has 0 bridgehead atoms. The Morgan fingerprint density at radius 3 is 2.67 bits per heavy atom. The summed E-state index contributed by atoms with van der Waals surface area (Å²) in [5.41, 5.74) is 1.22. The Hall–Kier alpha value is -2.94. The zero-order chi connectivity index (χ0) is 17.1. The largest absolute Gasteiger partial charge is 0.465 e. The summed E-state index contributed by atoms with van der Waals surface area (Å²) in [4.78, 5) is 26.0. The van der Waals surface area contributed by atoms with Gasteiger partial charge in [0.15, 0.2) is 0 Å². The lowest BCUT2D eigenvalue weighted by Gasteiger charge is -2.42. The van der Waals surface area contributed by atoms with Gasteiger partial charge >= 0.3 is 6.09 Å². The Balaban J connectivity index is 1.73. The van der Waals surface area contributed by atoms with Crippen molar-refractivity contribution in [2.45, 2.75) is 31.8 Å². The standard InChI is InChI=1S/C15H17N5O4/c21-9-11-6-16-20(18-11)8-12-13(14(22)17-12)19(15(23)24)7-10-4-2-1-3-5-10/h1-6,12-13,21H,7-9H2,(H,17,22)(H,23,24)/t12-,13-/m0/s1. The third-order valence-corrected chi connectivity index (χ3v) is 3.86. The second-order valence-corrected chi connectivity index (χ2v) is 5.50. The van der Waals surface area contributed by atoms with Crippen molar-refractivity contribution in [3.8, 4) is 0 Å². The number of benzene rings is 1. The Labute approximate surface area is 137 Å². The van der Waals surface area contributed by atoms with E-state index in [0.29, 0.717) is 5.69 Å². The summed E-state index contributed by atoms with van der Waals surface area (Å²) < 4.78 is 0. The Kier molecular flexibility index (Phi) is 4.43. The molecule has 0 spiro atoms. The molecule has 1 aromatic heterocycles. The van der Waals surface area contributed by atoms with Gasteiger partial charge in [0.25, 0.3) is 0 Å². The summed E-state index contributed by atoms with van der Waals surface area (Å²) in [5, 5.41) is 29.2. The minimum atomic E-state index is -1.16. The van der Waals surface area contributed by atoms with Crippen molar-refractivity contribution in [1.29, 1.82) is 0 Å². The summed E-state index contributed by atoms with van der Waals surface area (Å²) in [6.07, 6.45) is 0.266. The fraction of sp³-hybridized carbons (Fsp3) is 0.333. The molecule has 1 aliphatic rings. The third-order valence-electron chi connectivity index (χ3n) is 3.86. The molecule has 1 fully saturated rings. The van der Waals surface area contributed by atoms with E-state index in [1.165, 1.54) is 11.0 Å². The number of aromatic nitrogens is 3. The van der Waals surface area contributed by atoms with Crippen molar-refractivity contribution < 1.29 is 19.8 Å². The van der Waals surface area contributed by atoms with Crippen LogP contribution in [0.5, 0.6) is 0 Å². The second kappa shape index (κ2) is 6.67. The summed E-state index contributed by atoms with van der Waals surface area (Å²) in [7, 11) is 0. The number of carboxylic acid groups (broad SMARTS) is 1. The number of rotatable bonds is 6. The van der Waals surface area contributed by atoms with Crippen molar-refractivity contribution in [2.24, 2.45) is 0 Å². The van der Waals surface area contributed by atoms with Crippen LogP contribution in [-0.2, 0) is 24.5 Å². The van der Waals surface area contributed by atoms with Crippen LogP contribution >= 0.6 is 0 Å². The lowest BCUT2D eigenvalue weighted by molar-refractivity contribution is -0.137. The molecule has 1 aliphatic heterocycles. The minimum absolute atomic E-state index is 0.124. The number of amides is 2. The van der Waals surface area contributed by atoms with Gasteiger partial charge in [-0.15, -0.1) is 0 Å². The highest BCUT2D eigenvalue weighted by molar-refractivity contribution is 5.92. The van der Waals surface area contributed by atoms with Crippen LogP contribution in [0.25, 0.3) is 0 Å². The van der Waals surface area contributed by atoms with Crippen molar-refractivity contribution in [2.75, 3.05) is 0 Å². The van der Waals surface area contributed by atoms with Crippen LogP contribution in [0.15, 0.2) is 36.5 Å². The number of hydrogen-bond acceptors (Lipinski definition) is 5. The number of aliphatic hydroxyl groups is 1. The van der Waals surface area contributed by atoms with E-state index in [2.05, 4.69) is 15.5 Å². The van der Waals surface area contributed by atoms with E-state index in [-0.39, 0.29) is 25.6 Å². The van der Waals surface area contributed by atoms with Gasteiger partial charge in [-0.2, -0.15) is 15.0 Å². The van der Waals surface area contributed by atoms with E-state index >= 15 is 0 Å². The van der Waals surface area contributed by atoms with Gasteiger partial charge in [-0.3, -0.25) is 9.69 Å². The Bertz CT molecular complexity index is 732. The van der Waals surface area contributed by atoms with Crippen LogP contribution in [0.1, 0.15) is 11.3 Å². The first-order valence-electron chi connectivity index (χ1n) is 7.42. The molecule has 2 amide bonds. The normalized spacial score (nSPS) is 19.5. The van der Waals surface area contributed by atoms with E-state index in [4.69, 9.17) is 5.11 Å². The highest BCUT2D eigenvalue weighted by Crippen LogP contribution is 2.19. The van der Waals surface area contributed by atoms with Gasteiger partial charge in [-0.25, -0.2) is 4.79 Å². The van der Waals surface area contributed by atoms with Crippen LogP contribution in [-0.4, -0.2) is 54.2 Å². The van der Waals surface area contributed by atoms with E-state index in [0.717, 1.165) is 10.5 Å². The van der Waals surface area contributed by atoms with Crippen molar-refractivity contribution >= 4 is 12.0 Å². The molecule has 2 aromatic rings. The lowest BCUT2D eigenvalue weighted by Crippen LogP contribution is -2.70. The van der Waals surface area contributed by atoms with E-state index in [9.17, 15) is 14.7 Å². The van der Waals surface area contributed by atoms with E-state index in [1.54, 1.807) is 0 Å². The smallest absolute Gasteiger partial charge is 0.408 e. The van der Waals surface area contributed by atoms with Gasteiger partial charge < -0.3 is 15.5 Å². The molecule has 3 N–H and O–H groups in total. The molecular formula is C15H17N5O4. The molecule has 1 aromatic carbocycles. The predicted octanol–water partition coefficient (Wildman–Crippen LogP) is -0.182. The zero-order valence-electron chi connectivity index (χ0n) is 12.7. The monoisotopic (exact) mass is 331 g/mol. The highest BCUT2D eigenvalue weighted by atomic mass is 16.4. The van der Waals surface area contributed by atoms with Crippen molar-refractivity contribution in [3.05, 3.63) is 47.8 Å². The molecule has 3 rings (SSSR count). The van der Waals surface area contributed by atoms with Crippen LogP contribution in [0.2, 0.25) is 0 Å². The Morgan fingerprint density at radius 1 is 1.33 bits per heavy atom. The zero-order valence-corrected chi connectivity index (χ0v) is 12.7.